The molecule has 3 fully saturated rings. The van der Waals surface area contributed by atoms with E-state index in [-0.39, 0.29) is 11.7 Å². The number of aryl methyl sites for hydroxylation is 1. The molecule has 190 valence electrons. The number of halogens is 2. The summed E-state index contributed by atoms with van der Waals surface area (Å²) in [4.78, 5) is 28.3. The molecule has 37 heavy (non-hydrogen) atoms. The van der Waals surface area contributed by atoms with Crippen LogP contribution in [0.4, 0.5) is 10.4 Å². The summed E-state index contributed by atoms with van der Waals surface area (Å²) in [6.45, 7) is 4.63. The molecule has 1 amide bonds. The Labute approximate surface area is 223 Å². The highest BCUT2D eigenvalue weighted by Gasteiger charge is 2.39. The molecule has 2 aromatic heterocycles. The van der Waals surface area contributed by atoms with E-state index < -0.39 is 0 Å². The molecule has 0 N–H and O–H groups in total. The van der Waals surface area contributed by atoms with Gasteiger partial charge in [0.05, 0.1) is 9.88 Å². The molecule has 3 aliphatic rings. The Balaban J connectivity index is 1.13. The highest BCUT2D eigenvalue weighted by Crippen LogP contribution is 2.45. The third-order valence-electron chi connectivity index (χ3n) is 7.68. The molecule has 7 rings (SSSR count). The van der Waals surface area contributed by atoms with Gasteiger partial charge in [-0.3, -0.25) is 4.79 Å². The lowest BCUT2D eigenvalue weighted by atomic mass is 9.84. The zero-order valence-electron chi connectivity index (χ0n) is 20.4. The number of amides is 1. The van der Waals surface area contributed by atoms with E-state index in [0.717, 1.165) is 58.9 Å². The molecule has 6 nitrogen and oxygen atoms in total. The number of anilines is 1. The second-order valence-corrected chi connectivity index (χ2v) is 12.1. The van der Waals surface area contributed by atoms with Crippen LogP contribution >= 0.6 is 22.9 Å². The summed E-state index contributed by atoms with van der Waals surface area (Å²) in [6.07, 6.45) is 3.29. The minimum absolute atomic E-state index is 0.0428. The fraction of sp³-hybridized carbons (Fsp3) is 0.393. The Bertz CT molecular complexity index is 1520. The lowest BCUT2D eigenvalue weighted by molar-refractivity contribution is 0.0557. The highest BCUT2D eigenvalue weighted by molar-refractivity contribution is 7.15. The molecular formula is C28H26ClFN4O2S. The second kappa shape index (κ2) is 8.81. The Hall–Kier alpha value is -2.97. The third-order valence-corrected chi connectivity index (χ3v) is 9.19. The van der Waals surface area contributed by atoms with E-state index in [0.29, 0.717) is 53.1 Å². The minimum Gasteiger partial charge on any atom is -0.423 e. The molecule has 2 saturated heterocycles. The SMILES string of the molecule is Cc1ccc(-c2sc(C3CC3)nc2C(=O)N2CC3CC(C2)CN(c2nc4cc(Cl)ccc4o2)C3)cc1F. The molecule has 2 aliphatic heterocycles. The summed E-state index contributed by atoms with van der Waals surface area (Å²) in [6, 6.07) is 11.3. The van der Waals surface area contributed by atoms with Crippen molar-refractivity contribution < 1.29 is 13.6 Å². The fourth-order valence-electron chi connectivity index (χ4n) is 5.69. The van der Waals surface area contributed by atoms with Crippen molar-refractivity contribution in [2.45, 2.75) is 32.1 Å². The van der Waals surface area contributed by atoms with Crippen molar-refractivity contribution in [3.8, 4) is 10.4 Å². The average molecular weight is 537 g/mol. The van der Waals surface area contributed by atoms with Crippen molar-refractivity contribution in [3.05, 3.63) is 63.5 Å². The number of nitrogens with zero attached hydrogens (tertiary/aromatic N) is 4. The highest BCUT2D eigenvalue weighted by atomic mass is 35.5. The van der Waals surface area contributed by atoms with Crippen LogP contribution in [-0.2, 0) is 0 Å². The number of aromatic nitrogens is 2. The maximum atomic E-state index is 14.4. The molecule has 2 unspecified atom stereocenters. The zero-order chi connectivity index (χ0) is 25.3. The standard InChI is InChI=1S/C28H26ClFN4O2S/c1-15-2-3-19(9-21(15)30)25-24(32-26(37-25)18-4-5-18)27(35)33-11-16-8-17(12-33)14-34(13-16)28-31-22-10-20(29)6-7-23(22)36-28/h2-3,6-7,9-10,16-18H,4-5,8,11-14H2,1H3. The normalized spacial score (nSPS) is 21.6. The van der Waals surface area contributed by atoms with Gasteiger partial charge in [-0.2, -0.15) is 4.98 Å². The van der Waals surface area contributed by atoms with Crippen LogP contribution in [0.1, 0.15) is 46.2 Å². The van der Waals surface area contributed by atoms with Gasteiger partial charge in [0.25, 0.3) is 11.9 Å². The molecule has 1 saturated carbocycles. The molecule has 2 bridgehead atoms. The predicted octanol–water partition coefficient (Wildman–Crippen LogP) is 6.53. The number of likely N-dealkylation sites (tertiary alicyclic amines) is 1. The summed E-state index contributed by atoms with van der Waals surface area (Å²) in [5.74, 6) is 0.764. The molecule has 2 atom stereocenters. The number of hydrogen-bond acceptors (Lipinski definition) is 6. The van der Waals surface area contributed by atoms with Gasteiger partial charge in [0.2, 0.25) is 0 Å². The molecule has 4 heterocycles. The molecular weight excluding hydrogens is 511 g/mol. The maximum Gasteiger partial charge on any atom is 0.298 e. The van der Waals surface area contributed by atoms with Crippen molar-refractivity contribution in [3.63, 3.8) is 0 Å². The van der Waals surface area contributed by atoms with Crippen molar-refractivity contribution in [1.29, 1.82) is 0 Å². The summed E-state index contributed by atoms with van der Waals surface area (Å²) in [7, 11) is 0. The Morgan fingerprint density at radius 2 is 1.86 bits per heavy atom. The number of hydrogen-bond donors (Lipinski definition) is 0. The monoisotopic (exact) mass is 536 g/mol. The Morgan fingerprint density at radius 1 is 1.08 bits per heavy atom. The van der Waals surface area contributed by atoms with Gasteiger partial charge < -0.3 is 14.2 Å². The number of rotatable bonds is 4. The van der Waals surface area contributed by atoms with Crippen molar-refractivity contribution in [2.24, 2.45) is 11.8 Å². The van der Waals surface area contributed by atoms with E-state index in [1.165, 1.54) is 6.07 Å². The van der Waals surface area contributed by atoms with Gasteiger partial charge in [-0.25, -0.2) is 9.37 Å². The lowest BCUT2D eigenvalue weighted by Crippen LogP contribution is -2.54. The molecule has 0 spiro atoms. The van der Waals surface area contributed by atoms with Gasteiger partial charge in [0.1, 0.15) is 17.0 Å². The van der Waals surface area contributed by atoms with Crippen molar-refractivity contribution in [2.75, 3.05) is 31.1 Å². The quantitative estimate of drug-likeness (QED) is 0.297. The van der Waals surface area contributed by atoms with E-state index >= 15 is 0 Å². The largest absolute Gasteiger partial charge is 0.423 e. The molecule has 4 aromatic rings. The smallest absolute Gasteiger partial charge is 0.298 e. The van der Waals surface area contributed by atoms with E-state index in [9.17, 15) is 9.18 Å². The maximum absolute atomic E-state index is 14.4. The summed E-state index contributed by atoms with van der Waals surface area (Å²) < 4.78 is 20.4. The van der Waals surface area contributed by atoms with Gasteiger partial charge in [-0.15, -0.1) is 11.3 Å². The van der Waals surface area contributed by atoms with Crippen molar-refractivity contribution >= 4 is 46.0 Å². The number of fused-ring (bicyclic) bond motifs is 3. The first-order valence-electron chi connectivity index (χ1n) is 12.8. The molecule has 1 aliphatic carbocycles. The third kappa shape index (κ3) is 4.30. The summed E-state index contributed by atoms with van der Waals surface area (Å²) >= 11 is 7.67. The molecule has 9 heteroatoms. The van der Waals surface area contributed by atoms with E-state index in [2.05, 4.69) is 9.88 Å². The van der Waals surface area contributed by atoms with Gasteiger partial charge in [-0.1, -0.05) is 23.7 Å². The van der Waals surface area contributed by atoms with Gasteiger partial charge in [0.15, 0.2) is 5.58 Å². The van der Waals surface area contributed by atoms with E-state index in [1.807, 2.05) is 23.1 Å². The number of piperidine rings is 2. The number of carbonyl (C=O) groups excluding carboxylic acids is 1. The first kappa shape index (κ1) is 23.2. The van der Waals surface area contributed by atoms with Crippen LogP contribution in [-0.4, -0.2) is 47.0 Å². The van der Waals surface area contributed by atoms with Gasteiger partial charge in [-0.05, 0) is 73.4 Å². The summed E-state index contributed by atoms with van der Waals surface area (Å²) in [5, 5.41) is 1.63. The average Bonchev–Trinajstić information content (AvgIpc) is 3.49. The van der Waals surface area contributed by atoms with Crippen molar-refractivity contribution in [1.82, 2.24) is 14.9 Å². The van der Waals surface area contributed by atoms with Crippen LogP contribution in [0.15, 0.2) is 40.8 Å². The van der Waals surface area contributed by atoms with Crippen LogP contribution in [0.25, 0.3) is 21.5 Å². The number of benzene rings is 2. The first-order chi connectivity index (χ1) is 17.9. The van der Waals surface area contributed by atoms with Crippen LogP contribution < -0.4 is 4.90 Å². The predicted molar refractivity (Wildman–Crippen MR) is 143 cm³/mol. The minimum atomic E-state index is -0.258. The Morgan fingerprint density at radius 3 is 2.59 bits per heavy atom. The lowest BCUT2D eigenvalue weighted by Gasteiger charge is -2.45. The van der Waals surface area contributed by atoms with Gasteiger partial charge >= 0.3 is 0 Å². The Kier molecular flexibility index (Phi) is 5.51. The van der Waals surface area contributed by atoms with Crippen LogP contribution in [0, 0.1) is 24.6 Å². The fourth-order valence-corrected chi connectivity index (χ4v) is 7.08. The van der Waals surface area contributed by atoms with Crippen LogP contribution in [0.5, 0.6) is 0 Å². The van der Waals surface area contributed by atoms with Crippen LogP contribution in [0.2, 0.25) is 5.02 Å². The summed E-state index contributed by atoms with van der Waals surface area (Å²) in [5.41, 5.74) is 3.28. The zero-order valence-corrected chi connectivity index (χ0v) is 22.0. The molecule has 2 aromatic carbocycles. The van der Waals surface area contributed by atoms with Gasteiger partial charge in [0, 0.05) is 37.1 Å². The molecule has 0 radical (unpaired) electrons. The number of thiazole rings is 1. The topological polar surface area (TPSA) is 62.5 Å². The van der Waals surface area contributed by atoms with E-state index in [1.54, 1.807) is 30.4 Å². The second-order valence-electron chi connectivity index (χ2n) is 10.7. The van der Waals surface area contributed by atoms with Crippen LogP contribution in [0.3, 0.4) is 0 Å². The van der Waals surface area contributed by atoms with E-state index in [4.69, 9.17) is 21.0 Å². The first-order valence-corrected chi connectivity index (χ1v) is 14.0. The number of oxazole rings is 1. The number of carbonyl (C=O) groups is 1.